The van der Waals surface area contributed by atoms with Crippen molar-refractivity contribution < 1.29 is 13.9 Å². The molecule has 4 nitrogen and oxygen atoms in total. The van der Waals surface area contributed by atoms with Crippen LogP contribution >= 0.6 is 0 Å². The van der Waals surface area contributed by atoms with Crippen molar-refractivity contribution in [1.82, 2.24) is 9.97 Å². The molecule has 0 saturated heterocycles. The number of alkyl halides is 2. The number of nitrogens with one attached hydrogen (secondary N) is 1. The monoisotopic (exact) mass is 240 g/mol. The van der Waals surface area contributed by atoms with Crippen LogP contribution in [-0.4, -0.2) is 15.1 Å². The van der Waals surface area contributed by atoms with E-state index in [9.17, 15) is 13.6 Å². The van der Waals surface area contributed by atoms with Crippen LogP contribution in [0.2, 0.25) is 0 Å². The molecule has 2 rings (SSSR count). The van der Waals surface area contributed by atoms with Crippen LogP contribution in [0, 0.1) is 6.92 Å². The standard InChI is InChI=1S/C11H10F2N2O2/c1-5-8(10(12)13)9-7(15-11(5)17)2-6(4-16)3-14-9/h2-3,10,16H,4H2,1H3,(H,15,17). The van der Waals surface area contributed by atoms with Gasteiger partial charge in [-0.2, -0.15) is 0 Å². The first-order valence-corrected chi connectivity index (χ1v) is 4.95. The second-order valence-corrected chi connectivity index (χ2v) is 3.69. The molecule has 6 heteroatoms. The van der Waals surface area contributed by atoms with Crippen molar-refractivity contribution in [2.45, 2.75) is 20.0 Å². The zero-order valence-corrected chi connectivity index (χ0v) is 9.00. The molecule has 2 aromatic heterocycles. The van der Waals surface area contributed by atoms with Gasteiger partial charge in [0.15, 0.2) is 0 Å². The van der Waals surface area contributed by atoms with Gasteiger partial charge >= 0.3 is 0 Å². The van der Waals surface area contributed by atoms with Crippen molar-refractivity contribution in [2.24, 2.45) is 0 Å². The van der Waals surface area contributed by atoms with Gasteiger partial charge in [0.25, 0.3) is 12.0 Å². The van der Waals surface area contributed by atoms with Crippen molar-refractivity contribution in [1.29, 1.82) is 0 Å². The maximum atomic E-state index is 12.9. The number of aromatic amines is 1. The molecule has 0 atom stereocenters. The van der Waals surface area contributed by atoms with Gasteiger partial charge in [-0.1, -0.05) is 0 Å². The lowest BCUT2D eigenvalue weighted by molar-refractivity contribution is 0.152. The van der Waals surface area contributed by atoms with E-state index in [1.165, 1.54) is 19.2 Å². The van der Waals surface area contributed by atoms with Gasteiger partial charge in [0.05, 0.1) is 23.2 Å². The molecule has 0 aromatic carbocycles. The molecule has 0 aliphatic heterocycles. The van der Waals surface area contributed by atoms with Crippen LogP contribution < -0.4 is 5.56 Å². The topological polar surface area (TPSA) is 66.0 Å². The van der Waals surface area contributed by atoms with Gasteiger partial charge in [0.1, 0.15) is 0 Å². The van der Waals surface area contributed by atoms with Gasteiger partial charge in [0, 0.05) is 11.8 Å². The summed E-state index contributed by atoms with van der Waals surface area (Å²) in [5.41, 5.74) is -0.219. The highest BCUT2D eigenvalue weighted by molar-refractivity contribution is 5.79. The fourth-order valence-electron chi connectivity index (χ4n) is 1.69. The fraction of sp³-hybridized carbons (Fsp3) is 0.273. The highest BCUT2D eigenvalue weighted by atomic mass is 19.3. The van der Waals surface area contributed by atoms with Crippen molar-refractivity contribution in [2.75, 3.05) is 0 Å². The smallest absolute Gasteiger partial charge is 0.266 e. The maximum absolute atomic E-state index is 12.9. The van der Waals surface area contributed by atoms with E-state index in [1.807, 2.05) is 0 Å². The summed E-state index contributed by atoms with van der Waals surface area (Å²) >= 11 is 0. The summed E-state index contributed by atoms with van der Waals surface area (Å²) in [7, 11) is 0. The quantitative estimate of drug-likeness (QED) is 0.839. The summed E-state index contributed by atoms with van der Waals surface area (Å²) < 4.78 is 25.8. The summed E-state index contributed by atoms with van der Waals surface area (Å²) in [5.74, 6) is 0. The third kappa shape index (κ3) is 1.91. The van der Waals surface area contributed by atoms with Gasteiger partial charge in [-0.25, -0.2) is 8.78 Å². The van der Waals surface area contributed by atoms with Gasteiger partial charge < -0.3 is 10.1 Å². The molecule has 0 amide bonds. The van der Waals surface area contributed by atoms with Gasteiger partial charge in [0.2, 0.25) is 0 Å². The number of fused-ring (bicyclic) bond motifs is 1. The van der Waals surface area contributed by atoms with Crippen molar-refractivity contribution in [3.8, 4) is 0 Å². The van der Waals surface area contributed by atoms with Crippen LogP contribution in [0.15, 0.2) is 17.1 Å². The highest BCUT2D eigenvalue weighted by Gasteiger charge is 2.18. The van der Waals surface area contributed by atoms with Crippen LogP contribution in [0.5, 0.6) is 0 Å². The van der Waals surface area contributed by atoms with Gasteiger partial charge in [-0.3, -0.25) is 9.78 Å². The van der Waals surface area contributed by atoms with E-state index >= 15 is 0 Å². The number of aliphatic hydroxyl groups is 1. The van der Waals surface area contributed by atoms with Crippen LogP contribution in [-0.2, 0) is 6.61 Å². The fourth-order valence-corrected chi connectivity index (χ4v) is 1.69. The Kier molecular flexibility index (Phi) is 2.89. The lowest BCUT2D eigenvalue weighted by Gasteiger charge is -2.08. The Morgan fingerprint density at radius 2 is 2.24 bits per heavy atom. The molecule has 17 heavy (non-hydrogen) atoms. The van der Waals surface area contributed by atoms with E-state index in [1.54, 1.807) is 0 Å². The molecule has 90 valence electrons. The second kappa shape index (κ2) is 4.21. The predicted molar refractivity (Wildman–Crippen MR) is 58.0 cm³/mol. The van der Waals surface area contributed by atoms with E-state index in [-0.39, 0.29) is 28.8 Å². The highest BCUT2D eigenvalue weighted by Crippen LogP contribution is 2.26. The molecular weight excluding hydrogens is 230 g/mol. The number of aliphatic hydroxyl groups excluding tert-OH is 1. The Morgan fingerprint density at radius 3 is 2.82 bits per heavy atom. The first-order valence-electron chi connectivity index (χ1n) is 4.95. The molecule has 0 fully saturated rings. The minimum absolute atomic E-state index is 0.0308. The Labute approximate surface area is 94.9 Å². The van der Waals surface area contributed by atoms with Crippen molar-refractivity contribution >= 4 is 11.0 Å². The van der Waals surface area contributed by atoms with E-state index in [4.69, 9.17) is 5.11 Å². The van der Waals surface area contributed by atoms with Crippen molar-refractivity contribution in [3.05, 3.63) is 39.3 Å². The molecule has 2 N–H and O–H groups in total. The first-order chi connectivity index (χ1) is 8.04. The molecule has 0 bridgehead atoms. The number of rotatable bonds is 2. The third-order valence-electron chi connectivity index (χ3n) is 2.59. The molecule has 0 aliphatic rings. The summed E-state index contributed by atoms with van der Waals surface area (Å²) in [6.45, 7) is 1.07. The molecule has 0 unspecified atom stereocenters. The number of nitrogens with zero attached hydrogens (tertiary/aromatic N) is 1. The minimum Gasteiger partial charge on any atom is -0.392 e. The Hall–Kier alpha value is -1.82. The summed E-state index contributed by atoms with van der Waals surface area (Å²) in [6, 6.07) is 1.44. The van der Waals surface area contributed by atoms with Crippen LogP contribution in [0.4, 0.5) is 8.78 Å². The summed E-state index contributed by atoms with van der Waals surface area (Å²) in [6.07, 6.45) is -1.45. The minimum atomic E-state index is -2.76. The molecule has 0 radical (unpaired) electrons. The molecule has 0 saturated carbocycles. The number of halogens is 2. The van der Waals surface area contributed by atoms with Gasteiger partial charge in [-0.15, -0.1) is 0 Å². The van der Waals surface area contributed by atoms with Crippen LogP contribution in [0.3, 0.4) is 0 Å². The summed E-state index contributed by atoms with van der Waals surface area (Å²) in [5, 5.41) is 8.92. The van der Waals surface area contributed by atoms with E-state index < -0.39 is 12.0 Å². The summed E-state index contributed by atoms with van der Waals surface area (Å²) in [4.78, 5) is 17.8. The van der Waals surface area contributed by atoms with E-state index in [2.05, 4.69) is 9.97 Å². The van der Waals surface area contributed by atoms with E-state index in [0.717, 1.165) is 0 Å². The van der Waals surface area contributed by atoms with E-state index in [0.29, 0.717) is 5.56 Å². The molecule has 0 spiro atoms. The van der Waals surface area contributed by atoms with Crippen LogP contribution in [0.25, 0.3) is 11.0 Å². The lowest BCUT2D eigenvalue weighted by Crippen LogP contribution is -2.14. The van der Waals surface area contributed by atoms with Gasteiger partial charge in [-0.05, 0) is 18.6 Å². The molecule has 2 aromatic rings. The zero-order valence-electron chi connectivity index (χ0n) is 9.00. The number of pyridine rings is 2. The Morgan fingerprint density at radius 1 is 1.53 bits per heavy atom. The first kappa shape index (κ1) is 11.7. The largest absolute Gasteiger partial charge is 0.392 e. The zero-order chi connectivity index (χ0) is 12.6. The molecule has 2 heterocycles. The average molecular weight is 240 g/mol. The van der Waals surface area contributed by atoms with Crippen molar-refractivity contribution in [3.63, 3.8) is 0 Å². The SMILES string of the molecule is Cc1c(C(F)F)c2ncc(CO)cc2[nH]c1=O. The number of H-pyrrole nitrogens is 1. The number of aromatic nitrogens is 2. The average Bonchev–Trinajstić information content (AvgIpc) is 2.29. The Balaban J connectivity index is 2.86. The predicted octanol–water partition coefficient (Wildman–Crippen LogP) is 1.66. The Bertz CT molecular complexity index is 623. The third-order valence-corrected chi connectivity index (χ3v) is 2.59. The van der Waals surface area contributed by atoms with Crippen LogP contribution in [0.1, 0.15) is 23.1 Å². The number of hydrogen-bond acceptors (Lipinski definition) is 3. The second-order valence-electron chi connectivity index (χ2n) is 3.69. The molecule has 0 aliphatic carbocycles. The normalized spacial score (nSPS) is 11.4. The molecular formula is C11H10F2N2O2. The maximum Gasteiger partial charge on any atom is 0.266 e. The lowest BCUT2D eigenvalue weighted by atomic mass is 10.1. The number of hydrogen-bond donors (Lipinski definition) is 2.